The second-order valence-corrected chi connectivity index (χ2v) is 5.60. The first-order valence-corrected chi connectivity index (χ1v) is 7.11. The van der Waals surface area contributed by atoms with Crippen LogP contribution in [-0.4, -0.2) is 22.7 Å². The van der Waals surface area contributed by atoms with Gasteiger partial charge in [-0.1, -0.05) is 36.4 Å². The maximum Gasteiger partial charge on any atom is 0.0717 e. The quantitative estimate of drug-likeness (QED) is 0.874. The molecule has 2 atom stereocenters. The van der Waals surface area contributed by atoms with Crippen LogP contribution in [-0.2, 0) is 5.41 Å². The van der Waals surface area contributed by atoms with Gasteiger partial charge in [0.15, 0.2) is 0 Å². The Morgan fingerprint density at radius 1 is 1.15 bits per heavy atom. The Morgan fingerprint density at radius 3 is 2.45 bits per heavy atom. The summed E-state index contributed by atoms with van der Waals surface area (Å²) in [5, 5.41) is 10.9. The Balaban J connectivity index is 1.90. The summed E-state index contributed by atoms with van der Waals surface area (Å²) < 4.78 is 0. The summed E-state index contributed by atoms with van der Waals surface area (Å²) in [6, 6.07) is 14.2. The summed E-state index contributed by atoms with van der Waals surface area (Å²) in [4.78, 5) is 4.14. The lowest BCUT2D eigenvalue weighted by Gasteiger charge is -2.30. The molecule has 3 rings (SSSR count). The summed E-state index contributed by atoms with van der Waals surface area (Å²) in [6.45, 7) is 0.432. The van der Waals surface area contributed by atoms with Crippen LogP contribution in [0.1, 0.15) is 29.9 Å². The molecule has 1 aliphatic rings. The molecule has 1 heterocycles. The Morgan fingerprint density at radius 2 is 1.90 bits per heavy atom. The molecule has 0 aliphatic heterocycles. The molecule has 3 N–H and O–H groups in total. The van der Waals surface area contributed by atoms with E-state index in [1.54, 1.807) is 6.20 Å². The van der Waals surface area contributed by atoms with E-state index in [1.165, 1.54) is 5.56 Å². The molecule has 1 aromatic carbocycles. The van der Waals surface area contributed by atoms with E-state index in [0.29, 0.717) is 6.54 Å². The van der Waals surface area contributed by atoms with Crippen LogP contribution in [0.5, 0.6) is 0 Å². The molecule has 1 aliphatic carbocycles. The fraction of sp³-hybridized carbons (Fsp3) is 0.353. The van der Waals surface area contributed by atoms with Gasteiger partial charge in [0, 0.05) is 30.3 Å². The van der Waals surface area contributed by atoms with Crippen molar-refractivity contribution >= 4 is 0 Å². The SMILES string of the molecule is NCC(c1cccnc1)C(O)C1(c2ccccc2)CC1. The van der Waals surface area contributed by atoms with Crippen LogP contribution in [0.3, 0.4) is 0 Å². The molecule has 104 valence electrons. The number of hydrogen-bond acceptors (Lipinski definition) is 3. The molecule has 1 aromatic heterocycles. The van der Waals surface area contributed by atoms with Crippen molar-refractivity contribution in [3.05, 3.63) is 66.0 Å². The van der Waals surface area contributed by atoms with E-state index in [2.05, 4.69) is 17.1 Å². The summed E-state index contributed by atoms with van der Waals surface area (Å²) in [7, 11) is 0. The van der Waals surface area contributed by atoms with Crippen LogP contribution in [0.4, 0.5) is 0 Å². The van der Waals surface area contributed by atoms with E-state index in [-0.39, 0.29) is 11.3 Å². The number of pyridine rings is 1. The van der Waals surface area contributed by atoms with E-state index in [0.717, 1.165) is 18.4 Å². The van der Waals surface area contributed by atoms with Crippen molar-refractivity contribution in [1.29, 1.82) is 0 Å². The third-order valence-electron chi connectivity index (χ3n) is 4.45. The highest BCUT2D eigenvalue weighted by Crippen LogP contribution is 2.53. The molecule has 0 spiro atoms. The molecule has 1 saturated carbocycles. The molecular weight excluding hydrogens is 248 g/mol. The lowest BCUT2D eigenvalue weighted by Crippen LogP contribution is -2.36. The normalized spacial score (nSPS) is 19.3. The second-order valence-electron chi connectivity index (χ2n) is 5.60. The third-order valence-corrected chi connectivity index (χ3v) is 4.45. The number of aliphatic hydroxyl groups excluding tert-OH is 1. The van der Waals surface area contributed by atoms with Gasteiger partial charge in [-0.15, -0.1) is 0 Å². The minimum atomic E-state index is -0.459. The van der Waals surface area contributed by atoms with Crippen LogP contribution < -0.4 is 5.73 Å². The monoisotopic (exact) mass is 268 g/mol. The summed E-state index contributed by atoms with van der Waals surface area (Å²) in [5.74, 6) is -0.0635. The van der Waals surface area contributed by atoms with E-state index in [4.69, 9.17) is 5.73 Å². The average molecular weight is 268 g/mol. The number of aromatic nitrogens is 1. The number of nitrogens with two attached hydrogens (primary N) is 1. The van der Waals surface area contributed by atoms with Crippen LogP contribution >= 0.6 is 0 Å². The number of hydrogen-bond donors (Lipinski definition) is 2. The van der Waals surface area contributed by atoms with E-state index in [9.17, 15) is 5.11 Å². The molecule has 3 nitrogen and oxygen atoms in total. The van der Waals surface area contributed by atoms with Gasteiger partial charge in [0.1, 0.15) is 0 Å². The van der Waals surface area contributed by atoms with Gasteiger partial charge in [0.2, 0.25) is 0 Å². The maximum atomic E-state index is 10.9. The van der Waals surface area contributed by atoms with Crippen molar-refractivity contribution in [2.75, 3.05) is 6.54 Å². The van der Waals surface area contributed by atoms with Crippen molar-refractivity contribution in [2.24, 2.45) is 5.73 Å². The topological polar surface area (TPSA) is 59.1 Å². The molecule has 2 unspecified atom stereocenters. The van der Waals surface area contributed by atoms with E-state index >= 15 is 0 Å². The van der Waals surface area contributed by atoms with Gasteiger partial charge in [-0.05, 0) is 30.0 Å². The van der Waals surface area contributed by atoms with Crippen molar-refractivity contribution in [3.63, 3.8) is 0 Å². The number of aliphatic hydroxyl groups is 1. The Hall–Kier alpha value is -1.71. The first kappa shape index (κ1) is 13.3. The Labute approximate surface area is 119 Å². The highest BCUT2D eigenvalue weighted by atomic mass is 16.3. The predicted octanol–water partition coefficient (Wildman–Crippen LogP) is 2.22. The number of benzene rings is 1. The molecule has 2 aromatic rings. The zero-order chi connectivity index (χ0) is 14.0. The average Bonchev–Trinajstić information content (AvgIpc) is 3.32. The van der Waals surface area contributed by atoms with Crippen molar-refractivity contribution in [1.82, 2.24) is 4.98 Å². The zero-order valence-corrected chi connectivity index (χ0v) is 11.4. The fourth-order valence-corrected chi connectivity index (χ4v) is 3.09. The third kappa shape index (κ3) is 2.23. The molecule has 3 heteroatoms. The van der Waals surface area contributed by atoms with Crippen molar-refractivity contribution in [3.8, 4) is 0 Å². The molecule has 0 radical (unpaired) electrons. The highest BCUT2D eigenvalue weighted by Gasteiger charge is 2.52. The molecule has 0 saturated heterocycles. The summed E-state index contributed by atoms with van der Waals surface area (Å²) >= 11 is 0. The van der Waals surface area contributed by atoms with Gasteiger partial charge in [-0.3, -0.25) is 4.98 Å². The first-order chi connectivity index (χ1) is 9.78. The largest absolute Gasteiger partial charge is 0.392 e. The summed E-state index contributed by atoms with van der Waals surface area (Å²) in [5.41, 5.74) is 8.03. The van der Waals surface area contributed by atoms with Gasteiger partial charge in [-0.2, -0.15) is 0 Å². The summed E-state index contributed by atoms with van der Waals surface area (Å²) in [6.07, 6.45) is 5.14. The van der Waals surface area contributed by atoms with E-state index < -0.39 is 6.10 Å². The number of nitrogens with zero attached hydrogens (tertiary/aromatic N) is 1. The van der Waals surface area contributed by atoms with Gasteiger partial charge in [0.05, 0.1) is 6.10 Å². The molecule has 0 bridgehead atoms. The van der Waals surface area contributed by atoms with Crippen LogP contribution in [0, 0.1) is 0 Å². The Bertz CT molecular complexity index is 552. The molecule has 20 heavy (non-hydrogen) atoms. The van der Waals surface area contributed by atoms with Crippen molar-refractivity contribution < 1.29 is 5.11 Å². The number of rotatable bonds is 5. The zero-order valence-electron chi connectivity index (χ0n) is 11.4. The van der Waals surface area contributed by atoms with Gasteiger partial charge in [0.25, 0.3) is 0 Å². The predicted molar refractivity (Wildman–Crippen MR) is 79.4 cm³/mol. The minimum Gasteiger partial charge on any atom is -0.392 e. The molecule has 1 fully saturated rings. The van der Waals surface area contributed by atoms with Gasteiger partial charge < -0.3 is 10.8 Å². The van der Waals surface area contributed by atoms with E-state index in [1.807, 2.05) is 36.5 Å². The van der Waals surface area contributed by atoms with Gasteiger partial charge in [-0.25, -0.2) is 0 Å². The van der Waals surface area contributed by atoms with Crippen LogP contribution in [0.2, 0.25) is 0 Å². The van der Waals surface area contributed by atoms with Crippen molar-refractivity contribution in [2.45, 2.75) is 30.3 Å². The molecule has 0 amide bonds. The first-order valence-electron chi connectivity index (χ1n) is 7.11. The fourth-order valence-electron chi connectivity index (χ4n) is 3.09. The second kappa shape index (κ2) is 5.35. The smallest absolute Gasteiger partial charge is 0.0717 e. The van der Waals surface area contributed by atoms with Gasteiger partial charge >= 0.3 is 0 Å². The lowest BCUT2D eigenvalue weighted by molar-refractivity contribution is 0.104. The lowest BCUT2D eigenvalue weighted by atomic mass is 9.80. The standard InChI is InChI=1S/C17H20N2O/c18-11-15(13-5-4-10-19-12-13)16(20)17(8-9-17)14-6-2-1-3-7-14/h1-7,10,12,15-16,20H,8-9,11,18H2. The minimum absolute atomic E-state index is 0.0635. The van der Waals surface area contributed by atoms with Crippen LogP contribution in [0.25, 0.3) is 0 Å². The maximum absolute atomic E-state index is 10.9. The highest BCUT2D eigenvalue weighted by molar-refractivity contribution is 5.35. The molecular formula is C17H20N2O. The Kier molecular flexibility index (Phi) is 3.55. The van der Waals surface area contributed by atoms with Crippen LogP contribution in [0.15, 0.2) is 54.9 Å².